The maximum Gasteiger partial charge on any atom is 0.259 e. The molecule has 1 unspecified atom stereocenters. The molecule has 5 nitrogen and oxygen atoms in total. The number of fused-ring (bicyclic) bond motifs is 1. The van der Waals surface area contributed by atoms with Gasteiger partial charge in [-0.2, -0.15) is 0 Å². The van der Waals surface area contributed by atoms with Gasteiger partial charge in [-0.15, -0.1) is 0 Å². The summed E-state index contributed by atoms with van der Waals surface area (Å²) in [5, 5.41) is 3.55. The first-order valence-electron chi connectivity index (χ1n) is 9.27. The molecule has 3 heterocycles. The van der Waals surface area contributed by atoms with Crippen LogP contribution in [-0.2, 0) is 14.3 Å². The van der Waals surface area contributed by atoms with E-state index in [-0.39, 0.29) is 11.9 Å². The predicted molar refractivity (Wildman–Crippen MR) is 98.9 cm³/mol. The molecule has 2 fully saturated rings. The van der Waals surface area contributed by atoms with Gasteiger partial charge in [0.1, 0.15) is 0 Å². The van der Waals surface area contributed by atoms with Crippen molar-refractivity contribution in [1.29, 1.82) is 0 Å². The normalized spacial score (nSPS) is 23.6. The Morgan fingerprint density at radius 1 is 1.16 bits per heavy atom. The standard InChI is InChI=1S/C20H26N2O3/c1-13(2)22-18-4-3-15(21-16-7-10-25-12-16)11-17(18)19(20(22)23)14-5-8-24-9-6-14/h3-4,11,13,16,21H,5-10,12H2,1-2H3. The number of hydrogen-bond acceptors (Lipinski definition) is 4. The third-order valence-electron chi connectivity index (χ3n) is 5.22. The van der Waals surface area contributed by atoms with Crippen LogP contribution in [0.1, 0.15) is 38.7 Å². The fourth-order valence-electron chi connectivity index (χ4n) is 3.99. The maximum atomic E-state index is 13.1. The first kappa shape index (κ1) is 16.6. The first-order valence-corrected chi connectivity index (χ1v) is 9.27. The van der Waals surface area contributed by atoms with Gasteiger partial charge in [-0.25, -0.2) is 0 Å². The molecule has 0 saturated carbocycles. The van der Waals surface area contributed by atoms with Crippen molar-refractivity contribution in [2.24, 2.45) is 0 Å². The molecule has 0 aromatic heterocycles. The predicted octanol–water partition coefficient (Wildman–Crippen LogP) is 3.21. The van der Waals surface area contributed by atoms with Gasteiger partial charge >= 0.3 is 0 Å². The Morgan fingerprint density at radius 2 is 1.96 bits per heavy atom. The highest BCUT2D eigenvalue weighted by molar-refractivity contribution is 6.33. The summed E-state index contributed by atoms with van der Waals surface area (Å²) in [6.07, 6.45) is 2.72. The van der Waals surface area contributed by atoms with Crippen LogP contribution in [0, 0.1) is 0 Å². The summed E-state index contributed by atoms with van der Waals surface area (Å²) in [4.78, 5) is 15.1. The Labute approximate surface area is 149 Å². The van der Waals surface area contributed by atoms with E-state index in [4.69, 9.17) is 9.47 Å². The third kappa shape index (κ3) is 3.07. The van der Waals surface area contributed by atoms with E-state index in [2.05, 4.69) is 37.4 Å². The lowest BCUT2D eigenvalue weighted by Crippen LogP contribution is -2.33. The third-order valence-corrected chi connectivity index (χ3v) is 5.22. The van der Waals surface area contributed by atoms with E-state index in [9.17, 15) is 4.79 Å². The summed E-state index contributed by atoms with van der Waals surface area (Å²) in [6.45, 7) is 7.13. The molecule has 1 aromatic carbocycles. The van der Waals surface area contributed by atoms with Gasteiger partial charge in [0.2, 0.25) is 0 Å². The molecule has 3 aliphatic heterocycles. The Kier molecular flexibility index (Phi) is 4.52. The summed E-state index contributed by atoms with van der Waals surface area (Å²) < 4.78 is 10.9. The van der Waals surface area contributed by atoms with E-state index < -0.39 is 0 Å². The Bertz CT molecular complexity index is 697. The number of benzene rings is 1. The van der Waals surface area contributed by atoms with Crippen LogP contribution < -0.4 is 10.2 Å². The van der Waals surface area contributed by atoms with E-state index in [1.54, 1.807) is 0 Å². The minimum atomic E-state index is 0.142. The monoisotopic (exact) mass is 342 g/mol. The van der Waals surface area contributed by atoms with Gasteiger partial charge < -0.3 is 19.7 Å². The Hall–Kier alpha value is -1.85. The highest BCUT2D eigenvalue weighted by Gasteiger charge is 2.36. The van der Waals surface area contributed by atoms with E-state index >= 15 is 0 Å². The zero-order chi connectivity index (χ0) is 17.4. The maximum absolute atomic E-state index is 13.1. The van der Waals surface area contributed by atoms with Gasteiger partial charge in [-0.3, -0.25) is 4.79 Å². The number of carbonyl (C=O) groups excluding carboxylic acids is 1. The van der Waals surface area contributed by atoms with Crippen LogP contribution in [0.25, 0.3) is 5.57 Å². The molecule has 1 N–H and O–H groups in total. The highest BCUT2D eigenvalue weighted by Crippen LogP contribution is 2.42. The average Bonchev–Trinajstić information content (AvgIpc) is 3.20. The fourth-order valence-corrected chi connectivity index (χ4v) is 3.99. The van der Waals surface area contributed by atoms with Crippen molar-refractivity contribution < 1.29 is 14.3 Å². The van der Waals surface area contributed by atoms with Crippen LogP contribution in [0.2, 0.25) is 0 Å². The van der Waals surface area contributed by atoms with E-state index in [0.29, 0.717) is 19.3 Å². The molecule has 1 amide bonds. The van der Waals surface area contributed by atoms with Gasteiger partial charge in [0.15, 0.2) is 0 Å². The van der Waals surface area contributed by atoms with Gasteiger partial charge in [0.25, 0.3) is 5.91 Å². The molecule has 134 valence electrons. The lowest BCUT2D eigenvalue weighted by Gasteiger charge is -2.22. The number of ether oxygens (including phenoxy) is 2. The van der Waals surface area contributed by atoms with Crippen LogP contribution in [0.4, 0.5) is 11.4 Å². The second-order valence-electron chi connectivity index (χ2n) is 7.30. The number of carbonyl (C=O) groups is 1. The van der Waals surface area contributed by atoms with Gasteiger partial charge in [-0.1, -0.05) is 5.57 Å². The molecule has 0 bridgehead atoms. The van der Waals surface area contributed by atoms with Crippen molar-refractivity contribution in [2.75, 3.05) is 36.6 Å². The second-order valence-corrected chi connectivity index (χ2v) is 7.30. The van der Waals surface area contributed by atoms with Crippen molar-refractivity contribution in [3.05, 3.63) is 29.3 Å². The minimum Gasteiger partial charge on any atom is -0.381 e. The molecular weight excluding hydrogens is 316 g/mol. The molecular formula is C20H26N2O3. The highest BCUT2D eigenvalue weighted by atomic mass is 16.5. The lowest BCUT2D eigenvalue weighted by atomic mass is 9.95. The number of anilines is 2. The molecule has 3 aliphatic rings. The molecule has 5 heteroatoms. The Balaban J connectivity index is 1.74. The van der Waals surface area contributed by atoms with Crippen molar-refractivity contribution in [2.45, 2.75) is 45.2 Å². The summed E-state index contributed by atoms with van der Waals surface area (Å²) in [5.41, 5.74) is 5.31. The number of rotatable bonds is 3. The SMILES string of the molecule is CC(C)N1C(=O)C(=C2CCOCC2)c2cc(NC3CCOC3)ccc21. The second kappa shape index (κ2) is 6.81. The summed E-state index contributed by atoms with van der Waals surface area (Å²) >= 11 is 0. The minimum absolute atomic E-state index is 0.142. The van der Waals surface area contributed by atoms with Crippen LogP contribution in [-0.4, -0.2) is 44.4 Å². The van der Waals surface area contributed by atoms with Gasteiger partial charge in [-0.05, 0) is 51.3 Å². The quantitative estimate of drug-likeness (QED) is 0.857. The van der Waals surface area contributed by atoms with Crippen molar-refractivity contribution in [3.63, 3.8) is 0 Å². The lowest BCUT2D eigenvalue weighted by molar-refractivity contribution is -0.113. The summed E-state index contributed by atoms with van der Waals surface area (Å²) in [6, 6.07) is 6.81. The molecule has 2 saturated heterocycles. The number of hydrogen-bond donors (Lipinski definition) is 1. The van der Waals surface area contributed by atoms with Crippen molar-refractivity contribution in [1.82, 2.24) is 0 Å². The van der Waals surface area contributed by atoms with Crippen molar-refractivity contribution in [3.8, 4) is 0 Å². The molecule has 0 aliphatic carbocycles. The number of nitrogens with zero attached hydrogens (tertiary/aromatic N) is 1. The van der Waals surface area contributed by atoms with Gasteiger partial charge in [0, 0.05) is 29.5 Å². The smallest absolute Gasteiger partial charge is 0.259 e. The Morgan fingerprint density at radius 3 is 2.64 bits per heavy atom. The van der Waals surface area contributed by atoms with Crippen LogP contribution in [0.5, 0.6) is 0 Å². The van der Waals surface area contributed by atoms with E-state index in [1.165, 1.54) is 5.57 Å². The average molecular weight is 342 g/mol. The van der Waals surface area contributed by atoms with Crippen molar-refractivity contribution >= 4 is 22.9 Å². The summed E-state index contributed by atoms with van der Waals surface area (Å²) in [5.74, 6) is 0.142. The van der Waals surface area contributed by atoms with Crippen LogP contribution in [0.3, 0.4) is 0 Å². The molecule has 25 heavy (non-hydrogen) atoms. The zero-order valence-electron chi connectivity index (χ0n) is 15.0. The fraction of sp³-hybridized carbons (Fsp3) is 0.550. The largest absolute Gasteiger partial charge is 0.381 e. The summed E-state index contributed by atoms with van der Waals surface area (Å²) in [7, 11) is 0. The van der Waals surface area contributed by atoms with E-state index in [0.717, 1.165) is 55.0 Å². The number of nitrogens with one attached hydrogen (secondary N) is 1. The van der Waals surface area contributed by atoms with Gasteiger partial charge in [0.05, 0.1) is 31.5 Å². The molecule has 0 radical (unpaired) electrons. The molecule has 1 atom stereocenters. The van der Waals surface area contributed by atoms with Crippen LogP contribution >= 0.6 is 0 Å². The molecule has 1 aromatic rings. The van der Waals surface area contributed by atoms with E-state index in [1.807, 2.05) is 4.90 Å². The molecule has 0 spiro atoms. The molecule has 4 rings (SSSR count). The topological polar surface area (TPSA) is 50.8 Å². The number of amides is 1. The van der Waals surface area contributed by atoms with Crippen LogP contribution in [0.15, 0.2) is 23.8 Å². The zero-order valence-corrected chi connectivity index (χ0v) is 15.0. The first-order chi connectivity index (χ1) is 12.1.